The summed E-state index contributed by atoms with van der Waals surface area (Å²) in [6.07, 6.45) is 1.64. The summed E-state index contributed by atoms with van der Waals surface area (Å²) in [4.78, 5) is 10.6. The third kappa shape index (κ3) is 4.09. The Morgan fingerprint density at radius 2 is 2.18 bits per heavy atom. The first kappa shape index (κ1) is 14.1. The molecule has 1 N–H and O–H groups in total. The van der Waals surface area contributed by atoms with Crippen LogP contribution in [0.5, 0.6) is 0 Å². The summed E-state index contributed by atoms with van der Waals surface area (Å²) in [6, 6.07) is 5.37. The summed E-state index contributed by atoms with van der Waals surface area (Å²) in [5, 5.41) is 14.3. The van der Waals surface area contributed by atoms with Gasteiger partial charge in [-0.25, -0.2) is 0 Å². The molecule has 1 aromatic rings. The molecule has 0 amide bonds. The fourth-order valence-corrected chi connectivity index (χ4v) is 2.22. The Labute approximate surface area is 110 Å². The number of halogens is 1. The van der Waals surface area contributed by atoms with E-state index in [1.807, 2.05) is 13.0 Å². The van der Waals surface area contributed by atoms with Crippen LogP contribution in [-0.4, -0.2) is 17.5 Å². The average Bonchev–Trinajstić information content (AvgIpc) is 2.28. The second-order valence-electron chi connectivity index (χ2n) is 3.90. The maximum atomic E-state index is 10.9. The van der Waals surface area contributed by atoms with Crippen LogP contribution in [0.4, 0.5) is 5.69 Å². The minimum absolute atomic E-state index is 0.199. The second kappa shape index (κ2) is 6.71. The SMILES string of the molecule is CCNC(CC)Cc1cc(Br)ccc1[N+](=O)[O-]. The number of nitrogens with zero attached hydrogens (tertiary/aromatic N) is 1. The van der Waals surface area contributed by atoms with Crippen molar-refractivity contribution in [3.63, 3.8) is 0 Å². The highest BCUT2D eigenvalue weighted by Gasteiger charge is 2.16. The summed E-state index contributed by atoms with van der Waals surface area (Å²) < 4.78 is 0.879. The van der Waals surface area contributed by atoms with Crippen LogP contribution >= 0.6 is 15.9 Å². The Kier molecular flexibility index (Phi) is 5.58. The molecule has 0 aliphatic rings. The number of nitro groups is 1. The first-order valence-electron chi connectivity index (χ1n) is 5.74. The topological polar surface area (TPSA) is 55.2 Å². The molecule has 0 spiro atoms. The third-order valence-corrected chi connectivity index (χ3v) is 3.18. The summed E-state index contributed by atoms with van der Waals surface area (Å²) in [7, 11) is 0. The van der Waals surface area contributed by atoms with E-state index < -0.39 is 0 Å². The summed E-state index contributed by atoms with van der Waals surface area (Å²) in [5.74, 6) is 0. The largest absolute Gasteiger partial charge is 0.314 e. The van der Waals surface area contributed by atoms with Crippen LogP contribution in [0.25, 0.3) is 0 Å². The van der Waals surface area contributed by atoms with Gasteiger partial charge in [0.15, 0.2) is 0 Å². The van der Waals surface area contributed by atoms with E-state index in [2.05, 4.69) is 28.2 Å². The van der Waals surface area contributed by atoms with E-state index in [1.165, 1.54) is 0 Å². The Hall–Kier alpha value is -0.940. The van der Waals surface area contributed by atoms with Crippen molar-refractivity contribution in [2.45, 2.75) is 32.7 Å². The molecular weight excluding hydrogens is 284 g/mol. The van der Waals surface area contributed by atoms with Crippen LogP contribution in [0.2, 0.25) is 0 Å². The number of hydrogen-bond acceptors (Lipinski definition) is 3. The van der Waals surface area contributed by atoms with Crippen molar-refractivity contribution in [2.24, 2.45) is 0 Å². The van der Waals surface area contributed by atoms with Gasteiger partial charge in [-0.15, -0.1) is 0 Å². The van der Waals surface area contributed by atoms with Gasteiger partial charge >= 0.3 is 0 Å². The van der Waals surface area contributed by atoms with E-state index in [1.54, 1.807) is 12.1 Å². The van der Waals surface area contributed by atoms with Crippen molar-refractivity contribution in [3.05, 3.63) is 38.3 Å². The molecule has 0 aromatic heterocycles. The molecule has 94 valence electrons. The lowest BCUT2D eigenvalue weighted by Gasteiger charge is -2.15. The third-order valence-electron chi connectivity index (χ3n) is 2.69. The highest BCUT2D eigenvalue weighted by molar-refractivity contribution is 9.10. The molecule has 1 aromatic carbocycles. The van der Waals surface area contributed by atoms with Gasteiger partial charge in [-0.2, -0.15) is 0 Å². The molecule has 0 saturated carbocycles. The quantitative estimate of drug-likeness (QED) is 0.648. The van der Waals surface area contributed by atoms with Gasteiger partial charge in [0.2, 0.25) is 0 Å². The molecule has 1 atom stereocenters. The summed E-state index contributed by atoms with van der Waals surface area (Å²) >= 11 is 3.35. The van der Waals surface area contributed by atoms with Gasteiger partial charge in [-0.3, -0.25) is 10.1 Å². The van der Waals surface area contributed by atoms with Crippen LogP contribution in [0.15, 0.2) is 22.7 Å². The number of nitrogens with one attached hydrogen (secondary N) is 1. The maximum absolute atomic E-state index is 10.9. The molecule has 0 saturated heterocycles. The van der Waals surface area contributed by atoms with Gasteiger partial charge in [0.1, 0.15) is 0 Å². The number of hydrogen-bond donors (Lipinski definition) is 1. The van der Waals surface area contributed by atoms with Gasteiger partial charge in [0.05, 0.1) is 4.92 Å². The molecule has 0 radical (unpaired) electrons. The zero-order chi connectivity index (χ0) is 12.8. The number of benzene rings is 1. The van der Waals surface area contributed by atoms with E-state index in [-0.39, 0.29) is 16.7 Å². The van der Waals surface area contributed by atoms with E-state index in [0.29, 0.717) is 6.42 Å². The van der Waals surface area contributed by atoms with Gasteiger partial charge < -0.3 is 5.32 Å². The predicted molar refractivity (Wildman–Crippen MR) is 72.3 cm³/mol. The molecular formula is C12H17BrN2O2. The van der Waals surface area contributed by atoms with Crippen LogP contribution in [0, 0.1) is 10.1 Å². The van der Waals surface area contributed by atoms with Crippen molar-refractivity contribution in [2.75, 3.05) is 6.54 Å². The second-order valence-corrected chi connectivity index (χ2v) is 4.81. The Morgan fingerprint density at radius 3 is 2.71 bits per heavy atom. The molecule has 4 nitrogen and oxygen atoms in total. The fourth-order valence-electron chi connectivity index (χ4n) is 1.81. The average molecular weight is 301 g/mol. The molecule has 1 unspecified atom stereocenters. The standard InChI is InChI=1S/C12H17BrN2O2/c1-3-11(14-4-2)8-9-7-10(13)5-6-12(9)15(16)17/h5-7,11,14H,3-4,8H2,1-2H3. The lowest BCUT2D eigenvalue weighted by atomic mass is 10.0. The van der Waals surface area contributed by atoms with Crippen molar-refractivity contribution >= 4 is 21.6 Å². The normalized spacial score (nSPS) is 12.4. The number of likely N-dealkylation sites (N-methyl/N-ethyl adjacent to an activating group) is 1. The van der Waals surface area contributed by atoms with Crippen molar-refractivity contribution in [1.82, 2.24) is 5.32 Å². The van der Waals surface area contributed by atoms with E-state index in [0.717, 1.165) is 23.0 Å². The van der Waals surface area contributed by atoms with Gasteiger partial charge in [-0.1, -0.05) is 29.8 Å². The van der Waals surface area contributed by atoms with E-state index in [4.69, 9.17) is 0 Å². The minimum Gasteiger partial charge on any atom is -0.314 e. The minimum atomic E-state index is -0.319. The van der Waals surface area contributed by atoms with Crippen LogP contribution in [0.3, 0.4) is 0 Å². The zero-order valence-corrected chi connectivity index (χ0v) is 11.7. The smallest absolute Gasteiger partial charge is 0.272 e. The Morgan fingerprint density at radius 1 is 1.47 bits per heavy atom. The van der Waals surface area contributed by atoms with Crippen LogP contribution < -0.4 is 5.32 Å². The number of nitro benzene ring substituents is 1. The van der Waals surface area contributed by atoms with Gasteiger partial charge in [-0.05, 0) is 31.5 Å². The van der Waals surface area contributed by atoms with Gasteiger partial charge in [0, 0.05) is 22.1 Å². The monoisotopic (exact) mass is 300 g/mol. The van der Waals surface area contributed by atoms with Gasteiger partial charge in [0.25, 0.3) is 5.69 Å². The maximum Gasteiger partial charge on any atom is 0.272 e. The number of rotatable bonds is 6. The van der Waals surface area contributed by atoms with Crippen LogP contribution in [-0.2, 0) is 6.42 Å². The zero-order valence-electron chi connectivity index (χ0n) is 10.1. The first-order valence-corrected chi connectivity index (χ1v) is 6.54. The predicted octanol–water partition coefficient (Wildman–Crippen LogP) is 3.29. The molecule has 0 aliphatic carbocycles. The fraction of sp³-hybridized carbons (Fsp3) is 0.500. The lowest BCUT2D eigenvalue weighted by molar-refractivity contribution is -0.385. The highest BCUT2D eigenvalue weighted by Crippen LogP contribution is 2.24. The van der Waals surface area contributed by atoms with E-state index in [9.17, 15) is 10.1 Å². The van der Waals surface area contributed by atoms with Crippen molar-refractivity contribution in [3.8, 4) is 0 Å². The van der Waals surface area contributed by atoms with E-state index >= 15 is 0 Å². The Bertz CT molecular complexity index is 396. The molecule has 0 fully saturated rings. The van der Waals surface area contributed by atoms with Crippen LogP contribution in [0.1, 0.15) is 25.8 Å². The first-order chi connectivity index (χ1) is 8.08. The van der Waals surface area contributed by atoms with Crippen molar-refractivity contribution in [1.29, 1.82) is 0 Å². The summed E-state index contributed by atoms with van der Waals surface area (Å²) in [5.41, 5.74) is 0.974. The molecule has 0 heterocycles. The molecule has 5 heteroatoms. The molecule has 17 heavy (non-hydrogen) atoms. The molecule has 0 bridgehead atoms. The summed E-state index contributed by atoms with van der Waals surface area (Å²) in [6.45, 7) is 5.00. The molecule has 1 rings (SSSR count). The lowest BCUT2D eigenvalue weighted by Crippen LogP contribution is -2.30. The molecule has 0 aliphatic heterocycles. The van der Waals surface area contributed by atoms with Crippen molar-refractivity contribution < 1.29 is 4.92 Å². The Balaban J connectivity index is 2.94. The highest BCUT2D eigenvalue weighted by atomic mass is 79.9.